The maximum atomic E-state index is 12.8. The van der Waals surface area contributed by atoms with E-state index in [0.717, 1.165) is 23.4 Å². The highest BCUT2D eigenvalue weighted by atomic mass is 16.5. The topological polar surface area (TPSA) is 61.9 Å². The summed E-state index contributed by atoms with van der Waals surface area (Å²) in [5.74, 6) is 0.640. The molecular formula is C22H27N3O3. The number of nitrogens with zero attached hydrogens (tertiary/aromatic N) is 2. The smallest absolute Gasteiger partial charge is 0.260 e. The summed E-state index contributed by atoms with van der Waals surface area (Å²) < 4.78 is 5.77. The van der Waals surface area contributed by atoms with Crippen molar-refractivity contribution in [2.45, 2.75) is 19.4 Å². The van der Waals surface area contributed by atoms with E-state index >= 15 is 0 Å². The van der Waals surface area contributed by atoms with Gasteiger partial charge in [-0.25, -0.2) is 0 Å². The van der Waals surface area contributed by atoms with Gasteiger partial charge in [-0.2, -0.15) is 0 Å². The number of anilines is 1. The molecule has 0 aliphatic carbocycles. The monoisotopic (exact) mass is 381 g/mol. The van der Waals surface area contributed by atoms with Gasteiger partial charge in [-0.1, -0.05) is 30.3 Å². The van der Waals surface area contributed by atoms with E-state index in [1.165, 1.54) is 0 Å². The lowest BCUT2D eigenvalue weighted by atomic mass is 10.0. The number of benzene rings is 2. The van der Waals surface area contributed by atoms with Crippen LogP contribution in [0, 0.1) is 0 Å². The van der Waals surface area contributed by atoms with Crippen molar-refractivity contribution in [3.05, 3.63) is 59.7 Å². The Morgan fingerprint density at radius 1 is 1.07 bits per heavy atom. The molecule has 148 valence electrons. The molecule has 2 aromatic carbocycles. The maximum absolute atomic E-state index is 12.8. The second-order valence-corrected chi connectivity index (χ2v) is 7.26. The van der Waals surface area contributed by atoms with E-state index in [-0.39, 0.29) is 18.4 Å². The highest BCUT2D eigenvalue weighted by molar-refractivity contribution is 5.94. The van der Waals surface area contributed by atoms with Crippen LogP contribution in [0.3, 0.4) is 0 Å². The summed E-state index contributed by atoms with van der Waals surface area (Å²) in [6.45, 7) is 1.98. The van der Waals surface area contributed by atoms with Crippen LogP contribution in [0.4, 0.5) is 5.69 Å². The summed E-state index contributed by atoms with van der Waals surface area (Å²) in [6.07, 6.45) is 1.17. The van der Waals surface area contributed by atoms with E-state index in [9.17, 15) is 9.59 Å². The standard InChI is InChI=1S/C22H27N3O3/c1-24(2)12-13-25(15-17-6-4-3-5-7-17)22(27)16-28-19-9-10-20-18(14-19)8-11-21(26)23-20/h3-7,9-10,14H,8,11-13,15-16H2,1-2H3,(H,23,26). The predicted molar refractivity (Wildman–Crippen MR) is 109 cm³/mol. The Morgan fingerprint density at radius 2 is 1.86 bits per heavy atom. The van der Waals surface area contributed by atoms with Crippen molar-refractivity contribution in [2.24, 2.45) is 0 Å². The van der Waals surface area contributed by atoms with E-state index in [0.29, 0.717) is 31.7 Å². The summed E-state index contributed by atoms with van der Waals surface area (Å²) in [4.78, 5) is 28.1. The fourth-order valence-corrected chi connectivity index (χ4v) is 3.10. The zero-order chi connectivity index (χ0) is 19.9. The first kappa shape index (κ1) is 19.9. The Kier molecular flexibility index (Phi) is 6.66. The van der Waals surface area contributed by atoms with Gasteiger partial charge < -0.3 is 19.9 Å². The molecule has 3 rings (SSSR count). The van der Waals surface area contributed by atoms with Crippen molar-refractivity contribution in [3.63, 3.8) is 0 Å². The van der Waals surface area contributed by atoms with Crippen LogP contribution >= 0.6 is 0 Å². The van der Waals surface area contributed by atoms with Gasteiger partial charge in [0.15, 0.2) is 6.61 Å². The van der Waals surface area contributed by atoms with Crippen LogP contribution in [0.15, 0.2) is 48.5 Å². The number of amides is 2. The van der Waals surface area contributed by atoms with E-state index in [1.807, 2.05) is 61.5 Å². The molecule has 1 heterocycles. The summed E-state index contributed by atoms with van der Waals surface area (Å²) in [6, 6.07) is 15.5. The van der Waals surface area contributed by atoms with E-state index in [4.69, 9.17) is 4.74 Å². The second kappa shape index (κ2) is 9.37. The third-order valence-corrected chi connectivity index (χ3v) is 4.72. The Balaban J connectivity index is 1.61. The molecule has 0 saturated carbocycles. The fraction of sp³-hybridized carbons (Fsp3) is 0.364. The van der Waals surface area contributed by atoms with Crippen LogP contribution in [-0.2, 0) is 22.6 Å². The SMILES string of the molecule is CN(C)CCN(Cc1ccccc1)C(=O)COc1ccc2c(c1)CCC(=O)N2. The van der Waals surface area contributed by atoms with Gasteiger partial charge in [0.05, 0.1) is 0 Å². The Labute approximate surface area is 166 Å². The van der Waals surface area contributed by atoms with Crippen LogP contribution in [0.25, 0.3) is 0 Å². The number of carbonyl (C=O) groups excluding carboxylic acids is 2. The van der Waals surface area contributed by atoms with Gasteiger partial charge in [-0.3, -0.25) is 9.59 Å². The molecule has 0 fully saturated rings. The van der Waals surface area contributed by atoms with Crippen LogP contribution in [0.1, 0.15) is 17.5 Å². The molecule has 0 bridgehead atoms. The molecular weight excluding hydrogens is 354 g/mol. The Bertz CT molecular complexity index is 821. The highest BCUT2D eigenvalue weighted by Gasteiger charge is 2.17. The Hall–Kier alpha value is -2.86. The second-order valence-electron chi connectivity index (χ2n) is 7.26. The average molecular weight is 381 g/mol. The minimum absolute atomic E-state index is 0.00852. The van der Waals surface area contributed by atoms with E-state index in [1.54, 1.807) is 6.07 Å². The molecule has 0 aromatic heterocycles. The van der Waals surface area contributed by atoms with Crippen molar-refractivity contribution in [1.29, 1.82) is 0 Å². The molecule has 6 heteroatoms. The number of aryl methyl sites for hydroxylation is 1. The maximum Gasteiger partial charge on any atom is 0.260 e. The van der Waals surface area contributed by atoms with Crippen molar-refractivity contribution < 1.29 is 14.3 Å². The van der Waals surface area contributed by atoms with Crippen molar-refractivity contribution in [3.8, 4) is 5.75 Å². The molecule has 28 heavy (non-hydrogen) atoms. The van der Waals surface area contributed by atoms with Gasteiger partial charge in [0.1, 0.15) is 5.75 Å². The number of hydrogen-bond acceptors (Lipinski definition) is 4. The molecule has 1 N–H and O–H groups in total. The number of likely N-dealkylation sites (N-methyl/N-ethyl adjacent to an activating group) is 1. The third kappa shape index (κ3) is 5.57. The number of hydrogen-bond donors (Lipinski definition) is 1. The van der Waals surface area contributed by atoms with Crippen molar-refractivity contribution in [2.75, 3.05) is 39.1 Å². The lowest BCUT2D eigenvalue weighted by Gasteiger charge is -2.25. The van der Waals surface area contributed by atoms with Gasteiger partial charge >= 0.3 is 0 Å². The molecule has 1 aliphatic heterocycles. The molecule has 1 aliphatic rings. The summed E-state index contributed by atoms with van der Waals surface area (Å²) >= 11 is 0. The lowest BCUT2D eigenvalue weighted by molar-refractivity contribution is -0.134. The summed E-state index contributed by atoms with van der Waals surface area (Å²) in [7, 11) is 3.99. The van der Waals surface area contributed by atoms with Gasteiger partial charge in [0.25, 0.3) is 5.91 Å². The molecule has 0 radical (unpaired) electrons. The minimum Gasteiger partial charge on any atom is -0.484 e. The molecule has 6 nitrogen and oxygen atoms in total. The van der Waals surface area contributed by atoms with Crippen molar-refractivity contribution in [1.82, 2.24) is 9.80 Å². The predicted octanol–water partition coefficient (Wildman–Crippen LogP) is 2.54. The van der Waals surface area contributed by atoms with Gasteiger partial charge in [0, 0.05) is 31.7 Å². The highest BCUT2D eigenvalue weighted by Crippen LogP contribution is 2.26. The quantitative estimate of drug-likeness (QED) is 0.763. The van der Waals surface area contributed by atoms with Gasteiger partial charge in [-0.15, -0.1) is 0 Å². The summed E-state index contributed by atoms with van der Waals surface area (Å²) in [5.41, 5.74) is 2.96. The number of ether oxygens (including phenoxy) is 1. The molecule has 0 spiro atoms. The number of nitrogens with one attached hydrogen (secondary N) is 1. The number of carbonyl (C=O) groups is 2. The van der Waals surface area contributed by atoms with E-state index < -0.39 is 0 Å². The zero-order valence-electron chi connectivity index (χ0n) is 16.5. The van der Waals surface area contributed by atoms with Crippen LogP contribution in [-0.4, -0.2) is 55.4 Å². The molecule has 0 unspecified atom stereocenters. The fourth-order valence-electron chi connectivity index (χ4n) is 3.10. The van der Waals surface area contributed by atoms with Gasteiger partial charge in [-0.05, 0) is 49.8 Å². The molecule has 2 amide bonds. The zero-order valence-corrected chi connectivity index (χ0v) is 16.5. The van der Waals surface area contributed by atoms with E-state index in [2.05, 4.69) is 10.2 Å². The third-order valence-electron chi connectivity index (χ3n) is 4.72. The van der Waals surface area contributed by atoms with Crippen LogP contribution in [0.5, 0.6) is 5.75 Å². The first-order valence-corrected chi connectivity index (χ1v) is 9.53. The lowest BCUT2D eigenvalue weighted by Crippen LogP contribution is -2.39. The molecule has 0 atom stereocenters. The molecule has 0 saturated heterocycles. The Morgan fingerprint density at radius 3 is 2.61 bits per heavy atom. The van der Waals surface area contributed by atoms with Crippen LogP contribution in [0.2, 0.25) is 0 Å². The number of rotatable bonds is 8. The average Bonchev–Trinajstić information content (AvgIpc) is 2.69. The summed E-state index contributed by atoms with van der Waals surface area (Å²) in [5, 5.41) is 2.85. The van der Waals surface area contributed by atoms with Crippen LogP contribution < -0.4 is 10.1 Å². The first-order valence-electron chi connectivity index (χ1n) is 9.53. The minimum atomic E-state index is -0.0447. The van der Waals surface area contributed by atoms with Gasteiger partial charge in [0.2, 0.25) is 5.91 Å². The normalized spacial score (nSPS) is 13.0. The first-order chi connectivity index (χ1) is 13.5. The van der Waals surface area contributed by atoms with Crippen molar-refractivity contribution >= 4 is 17.5 Å². The molecule has 2 aromatic rings. The largest absolute Gasteiger partial charge is 0.484 e. The number of fused-ring (bicyclic) bond motifs is 1.